The molecular weight excluding hydrogens is 329 g/mol. The van der Waals surface area contributed by atoms with Gasteiger partial charge in [0.1, 0.15) is 0 Å². The highest BCUT2D eigenvalue weighted by molar-refractivity contribution is 9.10. The monoisotopic (exact) mass is 345 g/mol. The molecule has 1 aliphatic rings. The Morgan fingerprint density at radius 1 is 1.45 bits per heavy atom. The number of aliphatic hydroxyl groups is 1. The predicted molar refractivity (Wildman–Crippen MR) is 76.0 cm³/mol. The second kappa shape index (κ2) is 6.54. The van der Waals surface area contributed by atoms with Gasteiger partial charge in [-0.15, -0.1) is 0 Å². The summed E-state index contributed by atoms with van der Waals surface area (Å²) in [6.07, 6.45) is 3.51. The van der Waals surface area contributed by atoms with Crippen LogP contribution in [0.5, 0.6) is 5.75 Å². The number of hydrogen-bond acceptors (Lipinski definition) is 3. The topological polar surface area (TPSA) is 58.6 Å². The number of aliphatic hydroxyl groups excluding tert-OH is 1. The Balaban J connectivity index is 1.89. The molecule has 1 aliphatic carbocycles. The average molecular weight is 346 g/mol. The number of hydrogen-bond donors (Lipinski definition) is 2. The predicted octanol–water partition coefficient (Wildman–Crippen LogP) is 2.39. The van der Waals surface area contributed by atoms with Crippen LogP contribution in [0.1, 0.15) is 25.7 Å². The molecule has 0 unspecified atom stereocenters. The van der Waals surface area contributed by atoms with Crippen LogP contribution in [0.25, 0.3) is 0 Å². The summed E-state index contributed by atoms with van der Waals surface area (Å²) in [5.41, 5.74) is -0.529. The van der Waals surface area contributed by atoms with Gasteiger partial charge < -0.3 is 15.2 Å². The number of nitrogens with one attached hydrogen (secondary N) is 1. The van der Waals surface area contributed by atoms with Crippen LogP contribution in [0.4, 0.5) is 4.39 Å². The fourth-order valence-electron chi connectivity index (χ4n) is 2.44. The van der Waals surface area contributed by atoms with Gasteiger partial charge in [0.2, 0.25) is 0 Å². The molecule has 0 aliphatic heterocycles. The third kappa shape index (κ3) is 3.70. The van der Waals surface area contributed by atoms with Crippen molar-refractivity contribution < 1.29 is 19.0 Å². The van der Waals surface area contributed by atoms with E-state index >= 15 is 0 Å². The summed E-state index contributed by atoms with van der Waals surface area (Å²) in [5.74, 6) is -0.832. The first-order valence-corrected chi connectivity index (χ1v) is 7.34. The number of carbonyl (C=O) groups is 1. The minimum Gasteiger partial charge on any atom is -0.481 e. The van der Waals surface area contributed by atoms with Crippen LogP contribution >= 0.6 is 15.9 Å². The zero-order valence-corrected chi connectivity index (χ0v) is 12.6. The Kier molecular flexibility index (Phi) is 4.99. The number of amides is 1. The van der Waals surface area contributed by atoms with Gasteiger partial charge in [-0.1, -0.05) is 28.8 Å². The third-order valence-electron chi connectivity index (χ3n) is 3.52. The minimum absolute atomic E-state index is 0.0350. The van der Waals surface area contributed by atoms with Crippen LogP contribution in [0, 0.1) is 5.82 Å². The number of benzene rings is 1. The molecule has 20 heavy (non-hydrogen) atoms. The maximum atomic E-state index is 13.5. The Bertz CT molecular complexity index is 489. The molecule has 110 valence electrons. The van der Waals surface area contributed by atoms with Crippen molar-refractivity contribution in [3.05, 3.63) is 28.5 Å². The zero-order valence-electron chi connectivity index (χ0n) is 11.0. The molecule has 1 saturated carbocycles. The molecule has 0 heterocycles. The third-order valence-corrected chi connectivity index (χ3v) is 4.01. The molecule has 0 atom stereocenters. The molecule has 0 spiro atoms. The van der Waals surface area contributed by atoms with E-state index in [0.29, 0.717) is 4.47 Å². The summed E-state index contributed by atoms with van der Waals surface area (Å²) in [6, 6.07) is 4.38. The summed E-state index contributed by atoms with van der Waals surface area (Å²) in [6.45, 7) is -0.342. The van der Waals surface area contributed by atoms with Gasteiger partial charge in [0.25, 0.3) is 5.91 Å². The molecule has 1 aromatic carbocycles. The van der Waals surface area contributed by atoms with Crippen LogP contribution in [0.3, 0.4) is 0 Å². The first kappa shape index (κ1) is 15.3. The van der Waals surface area contributed by atoms with E-state index in [0.717, 1.165) is 25.7 Å². The summed E-state index contributed by atoms with van der Waals surface area (Å²) < 4.78 is 19.3. The van der Waals surface area contributed by atoms with Gasteiger partial charge in [-0.3, -0.25) is 4.79 Å². The summed E-state index contributed by atoms with van der Waals surface area (Å²) in [7, 11) is 0. The lowest BCUT2D eigenvalue weighted by Gasteiger charge is -2.27. The van der Waals surface area contributed by atoms with Crippen LogP contribution in [-0.2, 0) is 4.79 Å². The van der Waals surface area contributed by atoms with E-state index in [1.165, 1.54) is 12.1 Å². The summed E-state index contributed by atoms with van der Waals surface area (Å²) in [5, 5.41) is 12.2. The molecule has 0 radical (unpaired) electrons. The van der Waals surface area contributed by atoms with E-state index in [2.05, 4.69) is 21.2 Å². The standard InChI is InChI=1S/C14H17BrFNO3/c15-10-3-4-12(11(16)7-10)20-8-13(19)17-14(9-18)5-1-2-6-14/h3-4,7,18H,1-2,5-6,8-9H2,(H,17,19). The van der Waals surface area contributed by atoms with Gasteiger partial charge in [0.05, 0.1) is 12.1 Å². The molecular formula is C14H17BrFNO3. The highest BCUT2D eigenvalue weighted by Crippen LogP contribution is 2.29. The van der Waals surface area contributed by atoms with Crippen molar-refractivity contribution in [1.29, 1.82) is 0 Å². The zero-order chi connectivity index (χ0) is 14.6. The molecule has 0 saturated heterocycles. The first-order valence-electron chi connectivity index (χ1n) is 6.54. The molecule has 2 N–H and O–H groups in total. The lowest BCUT2D eigenvalue weighted by molar-refractivity contribution is -0.125. The lowest BCUT2D eigenvalue weighted by atomic mass is 9.99. The molecule has 0 aromatic heterocycles. The SMILES string of the molecule is O=C(COc1ccc(Br)cc1F)NC1(CO)CCCC1. The highest BCUT2D eigenvalue weighted by atomic mass is 79.9. The van der Waals surface area contributed by atoms with Crippen molar-refractivity contribution in [2.45, 2.75) is 31.2 Å². The van der Waals surface area contributed by atoms with Gasteiger partial charge in [-0.05, 0) is 31.0 Å². The summed E-state index contributed by atoms with van der Waals surface area (Å²) in [4.78, 5) is 11.8. The van der Waals surface area contributed by atoms with Crippen molar-refractivity contribution >= 4 is 21.8 Å². The Morgan fingerprint density at radius 2 is 2.15 bits per heavy atom. The quantitative estimate of drug-likeness (QED) is 0.861. The first-order chi connectivity index (χ1) is 9.54. The van der Waals surface area contributed by atoms with Gasteiger partial charge in [0.15, 0.2) is 18.2 Å². The molecule has 0 bridgehead atoms. The smallest absolute Gasteiger partial charge is 0.258 e. The van der Waals surface area contributed by atoms with Crippen molar-refractivity contribution in [3.8, 4) is 5.75 Å². The largest absolute Gasteiger partial charge is 0.481 e. The van der Waals surface area contributed by atoms with Gasteiger partial charge >= 0.3 is 0 Å². The Hall–Kier alpha value is -1.14. The van der Waals surface area contributed by atoms with E-state index < -0.39 is 11.4 Å². The van der Waals surface area contributed by atoms with E-state index in [-0.39, 0.29) is 24.9 Å². The second-order valence-corrected chi connectivity index (χ2v) is 5.97. The lowest BCUT2D eigenvalue weighted by Crippen LogP contribution is -2.50. The fourth-order valence-corrected chi connectivity index (χ4v) is 2.77. The fraction of sp³-hybridized carbons (Fsp3) is 0.500. The van der Waals surface area contributed by atoms with Crippen LogP contribution < -0.4 is 10.1 Å². The molecule has 1 aromatic rings. The normalized spacial score (nSPS) is 16.9. The van der Waals surface area contributed by atoms with Crippen LogP contribution in [0.15, 0.2) is 22.7 Å². The van der Waals surface area contributed by atoms with Crippen molar-refractivity contribution in [3.63, 3.8) is 0 Å². The van der Waals surface area contributed by atoms with Gasteiger partial charge in [-0.25, -0.2) is 4.39 Å². The van der Waals surface area contributed by atoms with Crippen LogP contribution in [0.2, 0.25) is 0 Å². The molecule has 6 heteroatoms. The van der Waals surface area contributed by atoms with Gasteiger partial charge in [-0.2, -0.15) is 0 Å². The van der Waals surface area contributed by atoms with E-state index in [4.69, 9.17) is 4.74 Å². The number of rotatable bonds is 5. The van der Waals surface area contributed by atoms with E-state index in [1.54, 1.807) is 6.07 Å². The molecule has 2 rings (SSSR count). The van der Waals surface area contributed by atoms with Crippen molar-refractivity contribution in [2.75, 3.05) is 13.2 Å². The maximum absolute atomic E-state index is 13.5. The summed E-state index contributed by atoms with van der Waals surface area (Å²) >= 11 is 3.15. The number of ether oxygens (including phenoxy) is 1. The van der Waals surface area contributed by atoms with E-state index in [9.17, 15) is 14.3 Å². The molecule has 4 nitrogen and oxygen atoms in total. The van der Waals surface area contributed by atoms with Crippen molar-refractivity contribution in [2.24, 2.45) is 0 Å². The average Bonchev–Trinajstić information content (AvgIpc) is 2.87. The number of halogens is 2. The van der Waals surface area contributed by atoms with Crippen molar-refractivity contribution in [1.82, 2.24) is 5.32 Å². The van der Waals surface area contributed by atoms with Gasteiger partial charge in [0, 0.05) is 4.47 Å². The van der Waals surface area contributed by atoms with E-state index in [1.807, 2.05) is 0 Å². The molecule has 1 amide bonds. The van der Waals surface area contributed by atoms with Crippen LogP contribution in [-0.4, -0.2) is 29.8 Å². The Labute approximate surface area is 125 Å². The highest BCUT2D eigenvalue weighted by Gasteiger charge is 2.34. The molecule has 1 fully saturated rings. The Morgan fingerprint density at radius 3 is 2.75 bits per heavy atom. The minimum atomic E-state index is -0.529. The number of carbonyl (C=O) groups excluding carboxylic acids is 1. The second-order valence-electron chi connectivity index (χ2n) is 5.06. The maximum Gasteiger partial charge on any atom is 0.258 e.